The summed E-state index contributed by atoms with van der Waals surface area (Å²) in [5.74, 6) is 0.371. The molecule has 0 bridgehead atoms. The summed E-state index contributed by atoms with van der Waals surface area (Å²) < 4.78 is 6.04. The van der Waals surface area contributed by atoms with E-state index in [4.69, 9.17) is 27.9 Å². The SMILES string of the molecule is O=C(C1CCC1)N1CCO[C@](CCO)(c2ccc(Cl)c(Cl)c2)C1. The van der Waals surface area contributed by atoms with Crippen LogP contribution in [0.25, 0.3) is 0 Å². The molecule has 1 N–H and O–H groups in total. The number of aliphatic hydroxyl groups is 1. The molecular weight excluding hydrogens is 337 g/mol. The number of carbonyl (C=O) groups is 1. The van der Waals surface area contributed by atoms with Crippen LogP contribution >= 0.6 is 23.2 Å². The largest absolute Gasteiger partial charge is 0.396 e. The highest BCUT2D eigenvalue weighted by Gasteiger charge is 2.41. The molecule has 6 heteroatoms. The molecule has 1 heterocycles. The first-order chi connectivity index (χ1) is 11.1. The maximum atomic E-state index is 12.6. The Morgan fingerprint density at radius 1 is 1.35 bits per heavy atom. The van der Waals surface area contributed by atoms with Crippen molar-refractivity contribution in [2.24, 2.45) is 5.92 Å². The van der Waals surface area contributed by atoms with Gasteiger partial charge in [0, 0.05) is 25.5 Å². The van der Waals surface area contributed by atoms with E-state index < -0.39 is 5.60 Å². The summed E-state index contributed by atoms with van der Waals surface area (Å²) in [6.07, 6.45) is 3.51. The summed E-state index contributed by atoms with van der Waals surface area (Å²) >= 11 is 12.1. The summed E-state index contributed by atoms with van der Waals surface area (Å²) in [6, 6.07) is 5.37. The van der Waals surface area contributed by atoms with Gasteiger partial charge in [-0.05, 0) is 30.5 Å². The number of ether oxygens (including phenoxy) is 1. The summed E-state index contributed by atoms with van der Waals surface area (Å²) in [4.78, 5) is 14.5. The Balaban J connectivity index is 1.86. The molecule has 0 radical (unpaired) electrons. The fraction of sp³-hybridized carbons (Fsp3) is 0.588. The highest BCUT2D eigenvalue weighted by atomic mass is 35.5. The molecule has 1 aromatic carbocycles. The molecule has 3 rings (SSSR count). The maximum Gasteiger partial charge on any atom is 0.225 e. The first kappa shape index (κ1) is 17.0. The van der Waals surface area contributed by atoms with Gasteiger partial charge in [0.2, 0.25) is 5.91 Å². The van der Waals surface area contributed by atoms with Crippen LogP contribution < -0.4 is 0 Å². The van der Waals surface area contributed by atoms with Crippen molar-refractivity contribution in [3.8, 4) is 0 Å². The number of halogens is 2. The molecule has 1 aliphatic heterocycles. The third-order valence-corrected chi connectivity index (χ3v) is 5.65. The fourth-order valence-electron chi connectivity index (χ4n) is 3.32. The van der Waals surface area contributed by atoms with Gasteiger partial charge in [-0.15, -0.1) is 0 Å². The van der Waals surface area contributed by atoms with E-state index in [2.05, 4.69) is 0 Å². The molecule has 1 atom stereocenters. The van der Waals surface area contributed by atoms with Crippen molar-refractivity contribution in [3.63, 3.8) is 0 Å². The van der Waals surface area contributed by atoms with Gasteiger partial charge in [-0.2, -0.15) is 0 Å². The van der Waals surface area contributed by atoms with Crippen molar-refractivity contribution < 1.29 is 14.6 Å². The Hall–Kier alpha value is -0.810. The number of carbonyl (C=O) groups excluding carboxylic acids is 1. The van der Waals surface area contributed by atoms with E-state index in [0.29, 0.717) is 36.2 Å². The number of benzene rings is 1. The van der Waals surface area contributed by atoms with E-state index in [9.17, 15) is 9.90 Å². The zero-order valence-electron chi connectivity index (χ0n) is 12.9. The smallest absolute Gasteiger partial charge is 0.225 e. The molecule has 126 valence electrons. The van der Waals surface area contributed by atoms with Gasteiger partial charge in [0.25, 0.3) is 0 Å². The molecule has 1 saturated heterocycles. The van der Waals surface area contributed by atoms with Crippen molar-refractivity contribution >= 4 is 29.1 Å². The number of hydrogen-bond donors (Lipinski definition) is 1. The number of hydrogen-bond acceptors (Lipinski definition) is 3. The van der Waals surface area contributed by atoms with Crippen molar-refractivity contribution in [1.82, 2.24) is 4.90 Å². The molecule has 0 aromatic heterocycles. The predicted octanol–water partition coefficient (Wildman–Crippen LogP) is 3.23. The standard InChI is InChI=1S/C17H21Cl2NO3/c18-14-5-4-13(10-15(14)19)17(6-8-21)11-20(7-9-23-17)16(22)12-2-1-3-12/h4-5,10,12,21H,1-3,6-9,11H2/t17-/m0/s1. The second kappa shape index (κ2) is 6.98. The summed E-state index contributed by atoms with van der Waals surface area (Å²) in [5, 5.41) is 10.4. The maximum absolute atomic E-state index is 12.6. The second-order valence-electron chi connectivity index (χ2n) is 6.33. The van der Waals surface area contributed by atoms with Crippen molar-refractivity contribution in [2.45, 2.75) is 31.3 Å². The molecule has 1 saturated carbocycles. The van der Waals surface area contributed by atoms with Crippen LogP contribution in [0.5, 0.6) is 0 Å². The van der Waals surface area contributed by atoms with Gasteiger partial charge in [0.1, 0.15) is 5.60 Å². The summed E-state index contributed by atoms with van der Waals surface area (Å²) in [5.41, 5.74) is 0.132. The van der Waals surface area contributed by atoms with Crippen LogP contribution in [-0.2, 0) is 15.1 Å². The van der Waals surface area contributed by atoms with Crippen molar-refractivity contribution in [3.05, 3.63) is 33.8 Å². The summed E-state index contributed by atoms with van der Waals surface area (Å²) in [7, 11) is 0. The van der Waals surface area contributed by atoms with Crippen molar-refractivity contribution in [1.29, 1.82) is 0 Å². The van der Waals surface area contributed by atoms with E-state index in [1.165, 1.54) is 0 Å². The van der Waals surface area contributed by atoms with E-state index in [-0.39, 0.29) is 18.4 Å². The lowest BCUT2D eigenvalue weighted by Gasteiger charge is -2.44. The number of aliphatic hydroxyl groups excluding tert-OH is 1. The minimum atomic E-state index is -0.722. The van der Waals surface area contributed by atoms with Crippen LogP contribution in [0, 0.1) is 5.92 Å². The van der Waals surface area contributed by atoms with Crippen molar-refractivity contribution in [2.75, 3.05) is 26.3 Å². The normalized spacial score (nSPS) is 25.3. The quantitative estimate of drug-likeness (QED) is 0.899. The first-order valence-corrected chi connectivity index (χ1v) is 8.80. The Labute approximate surface area is 146 Å². The van der Waals surface area contributed by atoms with E-state index in [1.807, 2.05) is 11.0 Å². The number of amides is 1. The lowest BCUT2D eigenvalue weighted by Crippen LogP contribution is -2.54. The van der Waals surface area contributed by atoms with Gasteiger partial charge in [-0.1, -0.05) is 35.7 Å². The van der Waals surface area contributed by atoms with Crippen LogP contribution in [0.3, 0.4) is 0 Å². The monoisotopic (exact) mass is 357 g/mol. The fourth-order valence-corrected chi connectivity index (χ4v) is 3.61. The number of morpholine rings is 1. The summed E-state index contributed by atoms with van der Waals surface area (Å²) in [6.45, 7) is 1.48. The Kier molecular flexibility index (Phi) is 5.16. The average Bonchev–Trinajstić information content (AvgIpc) is 2.49. The lowest BCUT2D eigenvalue weighted by atomic mass is 9.83. The molecule has 2 fully saturated rings. The zero-order valence-corrected chi connectivity index (χ0v) is 14.4. The van der Waals surface area contributed by atoms with Gasteiger partial charge in [0.05, 0.1) is 23.2 Å². The molecule has 1 amide bonds. The third-order valence-electron chi connectivity index (χ3n) is 4.91. The molecule has 1 aliphatic carbocycles. The molecule has 4 nitrogen and oxygen atoms in total. The van der Waals surface area contributed by atoms with Crippen LogP contribution in [-0.4, -0.2) is 42.2 Å². The molecule has 0 spiro atoms. The second-order valence-corrected chi connectivity index (χ2v) is 7.15. The van der Waals surface area contributed by atoms with Crippen LogP contribution in [0.4, 0.5) is 0 Å². The minimum Gasteiger partial charge on any atom is -0.396 e. The van der Waals surface area contributed by atoms with Gasteiger partial charge < -0.3 is 14.7 Å². The predicted molar refractivity (Wildman–Crippen MR) is 89.7 cm³/mol. The van der Waals surface area contributed by atoms with Gasteiger partial charge in [-0.3, -0.25) is 4.79 Å². The Morgan fingerprint density at radius 2 is 2.13 bits per heavy atom. The van der Waals surface area contributed by atoms with Crippen LogP contribution in [0.15, 0.2) is 18.2 Å². The third kappa shape index (κ3) is 3.36. The lowest BCUT2D eigenvalue weighted by molar-refractivity contribution is -0.161. The molecule has 0 unspecified atom stereocenters. The minimum absolute atomic E-state index is 0.0221. The molecular formula is C17H21Cl2NO3. The van der Waals surface area contributed by atoms with E-state index in [0.717, 1.165) is 24.8 Å². The average molecular weight is 358 g/mol. The van der Waals surface area contributed by atoms with Gasteiger partial charge in [0.15, 0.2) is 0 Å². The van der Waals surface area contributed by atoms with Crippen LogP contribution in [0.1, 0.15) is 31.2 Å². The number of nitrogens with zero attached hydrogens (tertiary/aromatic N) is 1. The van der Waals surface area contributed by atoms with Crippen LogP contribution in [0.2, 0.25) is 10.0 Å². The molecule has 1 aromatic rings. The first-order valence-electron chi connectivity index (χ1n) is 8.05. The highest BCUT2D eigenvalue weighted by molar-refractivity contribution is 6.42. The zero-order chi connectivity index (χ0) is 16.4. The molecule has 2 aliphatic rings. The van der Waals surface area contributed by atoms with E-state index >= 15 is 0 Å². The van der Waals surface area contributed by atoms with Gasteiger partial charge >= 0.3 is 0 Å². The highest BCUT2D eigenvalue weighted by Crippen LogP contribution is 2.38. The van der Waals surface area contributed by atoms with E-state index in [1.54, 1.807) is 12.1 Å². The molecule has 23 heavy (non-hydrogen) atoms. The number of rotatable bonds is 4. The topological polar surface area (TPSA) is 49.8 Å². The Bertz CT molecular complexity index is 587. The van der Waals surface area contributed by atoms with Gasteiger partial charge in [-0.25, -0.2) is 0 Å². The Morgan fingerprint density at radius 3 is 2.74 bits per heavy atom.